The molecule has 3 nitrogen and oxygen atoms in total. The van der Waals surface area contributed by atoms with Crippen LogP contribution in [0.5, 0.6) is 5.75 Å². The van der Waals surface area contributed by atoms with Gasteiger partial charge in [-0.25, -0.2) is 4.39 Å². The van der Waals surface area contributed by atoms with E-state index >= 15 is 0 Å². The number of allylic oxidation sites excluding steroid dienone is 1. The minimum atomic E-state index is -0.300. The Morgan fingerprint density at radius 3 is 2.44 bits per heavy atom. The molecule has 124 valence electrons. The van der Waals surface area contributed by atoms with Crippen LogP contribution in [0.2, 0.25) is 0 Å². The minimum absolute atomic E-state index is 0.155. The number of furan rings is 1. The molecule has 1 aromatic heterocycles. The van der Waals surface area contributed by atoms with Gasteiger partial charge in [-0.05, 0) is 73.5 Å². The van der Waals surface area contributed by atoms with Crippen LogP contribution in [0.1, 0.15) is 27.2 Å². The number of carbonyl (C=O) groups is 1. The number of hydrogen-bond donors (Lipinski definition) is 0. The molecule has 4 heteroatoms. The first-order valence-electron chi connectivity index (χ1n) is 7.92. The van der Waals surface area contributed by atoms with Gasteiger partial charge in [0.1, 0.15) is 23.1 Å². The second kappa shape index (κ2) is 5.74. The number of ketones is 1. The average Bonchev–Trinajstić information content (AvgIpc) is 3.16. The summed E-state index contributed by atoms with van der Waals surface area (Å²) in [6.45, 7) is 3.94. The molecular weight excluding hydrogens is 319 g/mol. The third-order valence-electron chi connectivity index (χ3n) is 4.31. The zero-order chi connectivity index (χ0) is 17.6. The number of aryl methyl sites for hydroxylation is 2. The summed E-state index contributed by atoms with van der Waals surface area (Å²) in [5.41, 5.74) is 3.46. The third kappa shape index (κ3) is 2.76. The predicted octanol–water partition coefficient (Wildman–Crippen LogP) is 5.32. The van der Waals surface area contributed by atoms with Crippen molar-refractivity contribution in [1.82, 2.24) is 0 Å². The number of benzene rings is 2. The van der Waals surface area contributed by atoms with Crippen molar-refractivity contribution in [1.29, 1.82) is 0 Å². The number of halogens is 1. The van der Waals surface area contributed by atoms with Gasteiger partial charge in [0, 0.05) is 11.6 Å². The van der Waals surface area contributed by atoms with Crippen LogP contribution < -0.4 is 4.74 Å². The SMILES string of the molecule is Cc1cc2c(cc1C)C(=O)C(=Cc1ccc(-c3ccc(F)cc3)o1)O2. The molecular formula is C21H15FO3. The largest absolute Gasteiger partial charge is 0.457 e. The Morgan fingerprint density at radius 1 is 0.960 bits per heavy atom. The zero-order valence-corrected chi connectivity index (χ0v) is 13.8. The summed E-state index contributed by atoms with van der Waals surface area (Å²) < 4.78 is 24.4. The van der Waals surface area contributed by atoms with Crippen molar-refractivity contribution in [2.24, 2.45) is 0 Å². The van der Waals surface area contributed by atoms with Gasteiger partial charge in [-0.1, -0.05) is 0 Å². The first-order valence-corrected chi connectivity index (χ1v) is 7.92. The van der Waals surface area contributed by atoms with E-state index in [2.05, 4.69) is 0 Å². The Bertz CT molecular complexity index is 1010. The Labute approximate surface area is 144 Å². The lowest BCUT2D eigenvalue weighted by atomic mass is 10.0. The lowest BCUT2D eigenvalue weighted by Crippen LogP contribution is -1.97. The summed E-state index contributed by atoms with van der Waals surface area (Å²) >= 11 is 0. The highest BCUT2D eigenvalue weighted by Gasteiger charge is 2.28. The molecule has 4 rings (SSSR count). The van der Waals surface area contributed by atoms with Crippen LogP contribution >= 0.6 is 0 Å². The van der Waals surface area contributed by atoms with Gasteiger partial charge < -0.3 is 9.15 Å². The van der Waals surface area contributed by atoms with Crippen LogP contribution in [0, 0.1) is 19.7 Å². The molecule has 0 saturated heterocycles. The zero-order valence-electron chi connectivity index (χ0n) is 13.8. The van der Waals surface area contributed by atoms with E-state index in [1.54, 1.807) is 30.3 Å². The van der Waals surface area contributed by atoms with Crippen LogP contribution in [0.4, 0.5) is 4.39 Å². The lowest BCUT2D eigenvalue weighted by Gasteiger charge is -2.02. The molecule has 0 aliphatic carbocycles. The maximum atomic E-state index is 13.0. The fourth-order valence-electron chi connectivity index (χ4n) is 2.77. The molecule has 0 atom stereocenters. The van der Waals surface area contributed by atoms with E-state index in [1.807, 2.05) is 26.0 Å². The molecule has 0 saturated carbocycles. The number of fused-ring (bicyclic) bond motifs is 1. The summed E-state index contributed by atoms with van der Waals surface area (Å²) in [6, 6.07) is 13.3. The van der Waals surface area contributed by atoms with Crippen LogP contribution in [-0.2, 0) is 0 Å². The number of hydrogen-bond acceptors (Lipinski definition) is 3. The Kier molecular flexibility index (Phi) is 3.53. The topological polar surface area (TPSA) is 39.4 Å². The molecule has 0 bridgehead atoms. The number of Topliss-reactive ketones (excluding diaryl/α,β-unsaturated/α-hetero) is 1. The summed E-state index contributed by atoms with van der Waals surface area (Å²) in [4.78, 5) is 12.5. The molecule has 3 aromatic rings. The van der Waals surface area contributed by atoms with Crippen LogP contribution in [0.3, 0.4) is 0 Å². The van der Waals surface area contributed by atoms with Crippen LogP contribution in [0.15, 0.2) is 58.7 Å². The maximum Gasteiger partial charge on any atom is 0.232 e. The smallest absolute Gasteiger partial charge is 0.232 e. The lowest BCUT2D eigenvalue weighted by molar-refractivity contribution is 0.101. The number of rotatable bonds is 2. The molecule has 1 aliphatic heterocycles. The highest BCUT2D eigenvalue weighted by molar-refractivity contribution is 6.14. The van der Waals surface area contributed by atoms with Gasteiger partial charge in [-0.3, -0.25) is 4.79 Å². The van der Waals surface area contributed by atoms with E-state index in [9.17, 15) is 9.18 Å². The van der Waals surface area contributed by atoms with E-state index in [0.717, 1.165) is 16.7 Å². The van der Waals surface area contributed by atoms with E-state index in [-0.39, 0.29) is 17.4 Å². The molecule has 2 heterocycles. The van der Waals surface area contributed by atoms with Gasteiger partial charge in [-0.2, -0.15) is 0 Å². The van der Waals surface area contributed by atoms with Crippen molar-refractivity contribution in [2.75, 3.05) is 0 Å². The molecule has 0 amide bonds. The molecule has 1 aliphatic rings. The molecule has 0 spiro atoms. The van der Waals surface area contributed by atoms with E-state index in [4.69, 9.17) is 9.15 Å². The highest BCUT2D eigenvalue weighted by atomic mass is 19.1. The van der Waals surface area contributed by atoms with Gasteiger partial charge in [0.25, 0.3) is 0 Å². The van der Waals surface area contributed by atoms with E-state index in [0.29, 0.717) is 22.8 Å². The van der Waals surface area contributed by atoms with Crippen molar-refractivity contribution >= 4 is 11.9 Å². The molecule has 0 radical (unpaired) electrons. The highest BCUT2D eigenvalue weighted by Crippen LogP contribution is 2.34. The molecule has 0 fully saturated rings. The monoisotopic (exact) mass is 334 g/mol. The van der Waals surface area contributed by atoms with Crippen molar-refractivity contribution in [3.8, 4) is 17.1 Å². The quantitative estimate of drug-likeness (QED) is 0.596. The summed E-state index contributed by atoms with van der Waals surface area (Å²) in [7, 11) is 0. The van der Waals surface area contributed by atoms with Crippen molar-refractivity contribution < 1.29 is 18.3 Å². The van der Waals surface area contributed by atoms with E-state index < -0.39 is 0 Å². The van der Waals surface area contributed by atoms with Crippen molar-refractivity contribution in [3.05, 3.63) is 82.6 Å². The Hall–Kier alpha value is -3.14. The second-order valence-electron chi connectivity index (χ2n) is 6.08. The van der Waals surface area contributed by atoms with Crippen LogP contribution in [-0.4, -0.2) is 5.78 Å². The molecule has 0 N–H and O–H groups in total. The van der Waals surface area contributed by atoms with Gasteiger partial charge in [0.15, 0.2) is 5.76 Å². The molecule has 0 unspecified atom stereocenters. The van der Waals surface area contributed by atoms with E-state index in [1.165, 1.54) is 12.1 Å². The van der Waals surface area contributed by atoms with Gasteiger partial charge in [0.05, 0.1) is 5.56 Å². The van der Waals surface area contributed by atoms with Gasteiger partial charge in [0.2, 0.25) is 5.78 Å². The van der Waals surface area contributed by atoms with Crippen molar-refractivity contribution in [2.45, 2.75) is 13.8 Å². The first kappa shape index (κ1) is 15.4. The fraction of sp³-hybridized carbons (Fsp3) is 0.0952. The third-order valence-corrected chi connectivity index (χ3v) is 4.31. The molecule has 25 heavy (non-hydrogen) atoms. The van der Waals surface area contributed by atoms with Crippen molar-refractivity contribution in [3.63, 3.8) is 0 Å². The predicted molar refractivity (Wildman–Crippen MR) is 93.0 cm³/mol. The van der Waals surface area contributed by atoms with Gasteiger partial charge >= 0.3 is 0 Å². The number of ether oxygens (including phenoxy) is 1. The summed E-state index contributed by atoms with van der Waals surface area (Å²) in [5.74, 6) is 1.46. The first-order chi connectivity index (χ1) is 12.0. The Balaban J connectivity index is 1.64. The number of carbonyl (C=O) groups excluding carboxylic acids is 1. The maximum absolute atomic E-state index is 13.0. The average molecular weight is 334 g/mol. The normalized spacial score (nSPS) is 14.7. The van der Waals surface area contributed by atoms with Gasteiger partial charge in [-0.15, -0.1) is 0 Å². The fourth-order valence-corrected chi connectivity index (χ4v) is 2.77. The summed E-state index contributed by atoms with van der Waals surface area (Å²) in [5, 5.41) is 0. The standard InChI is InChI=1S/C21H15FO3/c1-12-9-17-19(10-13(12)2)25-20(21(17)23)11-16-7-8-18(24-16)14-3-5-15(22)6-4-14/h3-11H,1-2H3. The minimum Gasteiger partial charge on any atom is -0.457 e. The second-order valence-corrected chi connectivity index (χ2v) is 6.08. The Morgan fingerprint density at radius 2 is 1.68 bits per heavy atom. The molecule has 2 aromatic carbocycles. The summed E-state index contributed by atoms with van der Waals surface area (Å²) in [6.07, 6.45) is 1.58. The van der Waals surface area contributed by atoms with Crippen LogP contribution in [0.25, 0.3) is 17.4 Å².